The maximum absolute atomic E-state index is 12.4. The third kappa shape index (κ3) is 7.41. The van der Waals surface area contributed by atoms with Crippen LogP contribution in [0.15, 0.2) is 65.1 Å². The quantitative estimate of drug-likeness (QED) is 0.214. The predicted octanol–water partition coefficient (Wildman–Crippen LogP) is 3.73. The van der Waals surface area contributed by atoms with E-state index < -0.39 is 11.8 Å². The molecule has 2 amide bonds. The number of carbonyl (C=O) groups is 2. The lowest BCUT2D eigenvalue weighted by molar-refractivity contribution is -0.123. The molecule has 178 valence electrons. The van der Waals surface area contributed by atoms with Crippen LogP contribution in [-0.2, 0) is 9.53 Å². The van der Waals surface area contributed by atoms with Crippen LogP contribution in [0.1, 0.15) is 17.3 Å². The molecule has 0 aliphatic rings. The summed E-state index contributed by atoms with van der Waals surface area (Å²) < 4.78 is 17.1. The number of benzene rings is 3. The molecule has 3 rings (SSSR count). The molecule has 0 heterocycles. The summed E-state index contributed by atoms with van der Waals surface area (Å²) in [5, 5.41) is 4.46. The standard InChI is InChI=1S/C24H24BrN3O5S/c1-2-31-12-13-32-18-8-5-7-17(14-18)23(30)26-24(34)28-27-21(29)15-33-20-11-10-16-6-3-4-9-19(16)22(20)25/h3-11,14H,2,12-13,15H2,1H3,(H,27,29)(H2,26,28,30,34). The number of ether oxygens (including phenoxy) is 3. The number of hydrazine groups is 1. The summed E-state index contributed by atoms with van der Waals surface area (Å²) in [7, 11) is 0. The summed E-state index contributed by atoms with van der Waals surface area (Å²) in [5.41, 5.74) is 5.24. The van der Waals surface area contributed by atoms with Gasteiger partial charge in [-0.2, -0.15) is 0 Å². The van der Waals surface area contributed by atoms with Crippen molar-refractivity contribution in [2.45, 2.75) is 6.92 Å². The Labute approximate surface area is 211 Å². The summed E-state index contributed by atoms with van der Waals surface area (Å²) in [6.07, 6.45) is 0. The lowest BCUT2D eigenvalue weighted by Gasteiger charge is -2.13. The Hall–Kier alpha value is -3.21. The van der Waals surface area contributed by atoms with E-state index in [0.29, 0.717) is 36.9 Å². The van der Waals surface area contributed by atoms with Crippen molar-refractivity contribution in [3.05, 3.63) is 70.7 Å². The van der Waals surface area contributed by atoms with Crippen molar-refractivity contribution in [3.63, 3.8) is 0 Å². The van der Waals surface area contributed by atoms with Gasteiger partial charge in [-0.15, -0.1) is 0 Å². The molecule has 0 spiro atoms. The van der Waals surface area contributed by atoms with Crippen molar-refractivity contribution < 1.29 is 23.8 Å². The zero-order chi connectivity index (χ0) is 24.3. The maximum Gasteiger partial charge on any atom is 0.276 e. The van der Waals surface area contributed by atoms with Gasteiger partial charge in [-0.1, -0.05) is 36.4 Å². The third-order valence-corrected chi connectivity index (χ3v) is 5.55. The van der Waals surface area contributed by atoms with Gasteiger partial charge in [0.1, 0.15) is 18.1 Å². The van der Waals surface area contributed by atoms with E-state index in [4.69, 9.17) is 26.4 Å². The molecule has 34 heavy (non-hydrogen) atoms. The second-order valence-electron chi connectivity index (χ2n) is 6.92. The van der Waals surface area contributed by atoms with Crippen LogP contribution >= 0.6 is 28.1 Å². The minimum absolute atomic E-state index is 0.0621. The largest absolute Gasteiger partial charge is 0.491 e. The summed E-state index contributed by atoms with van der Waals surface area (Å²) in [6.45, 7) is 3.10. The van der Waals surface area contributed by atoms with Crippen LogP contribution in [0, 0.1) is 0 Å². The van der Waals surface area contributed by atoms with Gasteiger partial charge in [-0.25, -0.2) is 0 Å². The molecule has 0 atom stereocenters. The first-order valence-corrected chi connectivity index (χ1v) is 11.7. The summed E-state index contributed by atoms with van der Waals surface area (Å²) in [6, 6.07) is 18.2. The molecule has 3 aromatic rings. The van der Waals surface area contributed by atoms with Crippen LogP contribution in [0.2, 0.25) is 0 Å². The topological polar surface area (TPSA) is 97.9 Å². The van der Waals surface area contributed by atoms with Crippen molar-refractivity contribution in [2.24, 2.45) is 0 Å². The molecular weight excluding hydrogens is 522 g/mol. The van der Waals surface area contributed by atoms with E-state index in [-0.39, 0.29) is 11.7 Å². The van der Waals surface area contributed by atoms with Gasteiger partial charge in [0.15, 0.2) is 11.7 Å². The molecular formula is C24H24BrN3O5S. The first-order valence-electron chi connectivity index (χ1n) is 10.5. The number of nitrogens with one attached hydrogen (secondary N) is 3. The van der Waals surface area contributed by atoms with Crippen LogP contribution < -0.4 is 25.6 Å². The Bertz CT molecular complexity index is 1170. The Kier molecular flexibility index (Phi) is 9.62. The zero-order valence-electron chi connectivity index (χ0n) is 18.4. The fraction of sp³-hybridized carbons (Fsp3) is 0.208. The molecule has 0 aromatic heterocycles. The van der Waals surface area contributed by atoms with Crippen LogP contribution in [0.3, 0.4) is 0 Å². The molecule has 10 heteroatoms. The molecule has 0 aliphatic heterocycles. The minimum atomic E-state index is -0.471. The van der Waals surface area contributed by atoms with Crippen LogP contribution in [0.4, 0.5) is 0 Å². The van der Waals surface area contributed by atoms with Gasteiger partial charge < -0.3 is 14.2 Å². The number of thiocarbonyl (C=S) groups is 1. The molecule has 0 bridgehead atoms. The highest BCUT2D eigenvalue weighted by atomic mass is 79.9. The second kappa shape index (κ2) is 12.9. The number of amides is 2. The number of carbonyl (C=O) groups excluding carboxylic acids is 2. The molecule has 0 fully saturated rings. The Morgan fingerprint density at radius 2 is 1.79 bits per heavy atom. The van der Waals surface area contributed by atoms with Gasteiger partial charge in [-0.3, -0.25) is 25.8 Å². The van der Waals surface area contributed by atoms with Gasteiger partial charge in [0.05, 0.1) is 11.1 Å². The number of hydrogen-bond donors (Lipinski definition) is 3. The third-order valence-electron chi connectivity index (χ3n) is 4.53. The number of hydrogen-bond acceptors (Lipinski definition) is 6. The highest BCUT2D eigenvalue weighted by Gasteiger charge is 2.11. The van der Waals surface area contributed by atoms with E-state index in [2.05, 4.69) is 32.1 Å². The van der Waals surface area contributed by atoms with Crippen molar-refractivity contribution in [1.82, 2.24) is 16.2 Å². The van der Waals surface area contributed by atoms with E-state index in [9.17, 15) is 9.59 Å². The van der Waals surface area contributed by atoms with Crippen LogP contribution in [0.25, 0.3) is 10.8 Å². The normalized spacial score (nSPS) is 10.4. The predicted molar refractivity (Wildman–Crippen MR) is 137 cm³/mol. The monoisotopic (exact) mass is 545 g/mol. The molecule has 3 aromatic carbocycles. The SMILES string of the molecule is CCOCCOc1cccc(C(=O)NC(=S)NNC(=O)COc2ccc3ccccc3c2Br)c1. The highest BCUT2D eigenvalue weighted by molar-refractivity contribution is 9.10. The van der Waals surface area contributed by atoms with E-state index >= 15 is 0 Å². The summed E-state index contributed by atoms with van der Waals surface area (Å²) >= 11 is 8.59. The van der Waals surface area contributed by atoms with Crippen molar-refractivity contribution >= 4 is 55.8 Å². The first kappa shape index (κ1) is 25.4. The van der Waals surface area contributed by atoms with Crippen molar-refractivity contribution in [1.29, 1.82) is 0 Å². The smallest absolute Gasteiger partial charge is 0.276 e. The van der Waals surface area contributed by atoms with Gasteiger partial charge in [0.2, 0.25) is 0 Å². The van der Waals surface area contributed by atoms with Crippen molar-refractivity contribution in [2.75, 3.05) is 26.4 Å². The molecule has 0 unspecified atom stereocenters. The average molecular weight is 546 g/mol. The average Bonchev–Trinajstić information content (AvgIpc) is 2.85. The van der Waals surface area contributed by atoms with E-state index in [1.165, 1.54) is 0 Å². The number of halogens is 1. The van der Waals surface area contributed by atoms with E-state index in [0.717, 1.165) is 15.2 Å². The van der Waals surface area contributed by atoms with Gasteiger partial charge in [0.25, 0.3) is 11.8 Å². The summed E-state index contributed by atoms with van der Waals surface area (Å²) in [4.78, 5) is 24.6. The second-order valence-corrected chi connectivity index (χ2v) is 8.12. The molecule has 0 saturated carbocycles. The number of fused-ring (bicyclic) bond motifs is 1. The summed E-state index contributed by atoms with van der Waals surface area (Å²) in [5.74, 6) is 0.157. The van der Waals surface area contributed by atoms with Gasteiger partial charge in [-0.05, 0) is 70.1 Å². The van der Waals surface area contributed by atoms with Crippen molar-refractivity contribution in [3.8, 4) is 11.5 Å². The first-order chi connectivity index (χ1) is 16.5. The van der Waals surface area contributed by atoms with Crippen LogP contribution in [0.5, 0.6) is 11.5 Å². The highest BCUT2D eigenvalue weighted by Crippen LogP contribution is 2.32. The minimum Gasteiger partial charge on any atom is -0.491 e. The lowest BCUT2D eigenvalue weighted by Crippen LogP contribution is -2.49. The molecule has 3 N–H and O–H groups in total. The van der Waals surface area contributed by atoms with Crippen LogP contribution in [-0.4, -0.2) is 43.4 Å². The number of rotatable bonds is 9. The molecule has 0 saturated heterocycles. The fourth-order valence-electron chi connectivity index (χ4n) is 2.93. The van der Waals surface area contributed by atoms with Gasteiger partial charge >= 0.3 is 0 Å². The molecule has 8 nitrogen and oxygen atoms in total. The molecule has 0 radical (unpaired) electrons. The van der Waals surface area contributed by atoms with E-state index in [1.54, 1.807) is 30.3 Å². The van der Waals surface area contributed by atoms with Gasteiger partial charge in [0, 0.05) is 12.2 Å². The molecule has 0 aliphatic carbocycles. The lowest BCUT2D eigenvalue weighted by atomic mass is 10.1. The Morgan fingerprint density at radius 3 is 2.62 bits per heavy atom. The zero-order valence-corrected chi connectivity index (χ0v) is 20.8. The fourth-order valence-corrected chi connectivity index (χ4v) is 3.68. The Morgan fingerprint density at radius 1 is 0.971 bits per heavy atom. The maximum atomic E-state index is 12.4. The van der Waals surface area contributed by atoms with E-state index in [1.807, 2.05) is 37.3 Å². The Balaban J connectivity index is 1.43.